The van der Waals surface area contributed by atoms with Crippen LogP contribution in [0.5, 0.6) is 0 Å². The minimum atomic E-state index is -1.02. The lowest BCUT2D eigenvalue weighted by molar-refractivity contribution is 0.0865. The van der Waals surface area contributed by atoms with Crippen LogP contribution >= 0.6 is 0 Å². The average Bonchev–Trinajstić information content (AvgIpc) is 2.58. The monoisotopic (exact) mass is 223 g/mol. The molecule has 4 nitrogen and oxygen atoms in total. The first-order valence-corrected chi connectivity index (χ1v) is 8.72. The van der Waals surface area contributed by atoms with Crippen molar-refractivity contribution in [3.63, 3.8) is 0 Å². The van der Waals surface area contributed by atoms with Gasteiger partial charge in [0.25, 0.3) is 0 Å². The van der Waals surface area contributed by atoms with E-state index in [9.17, 15) is 0 Å². The molecule has 0 atom stereocenters. The Labute approximate surface area is 91.5 Å². The maximum atomic E-state index is 8.71. The summed E-state index contributed by atoms with van der Waals surface area (Å²) >= 11 is 0. The van der Waals surface area contributed by atoms with E-state index in [0.29, 0.717) is 12.6 Å². The van der Waals surface area contributed by atoms with E-state index in [2.05, 4.69) is 24.6 Å². The molecule has 82 valence electrons. The molecule has 0 spiro atoms. The molecule has 0 fully saturated rings. The first-order valence-electron chi connectivity index (χ1n) is 5.02. The molecule has 0 aliphatic rings. The Kier molecular flexibility index (Phi) is 4.06. The molecule has 1 aromatic rings. The third-order valence-corrected chi connectivity index (χ3v) is 3.75. The maximum Gasteiger partial charge on any atom is 0.214 e. The number of nitriles is 1. The lowest BCUT2D eigenvalue weighted by Crippen LogP contribution is -2.22. The fraction of sp³-hybridized carbons (Fsp3) is 0.600. The standard InChI is InChI=1S/C10H17N3OSi/c1-15(2,3)7-6-14-9-13-5-4-12-10(13)8-11/h4-5H,6-7,9H2,1-3H3. The van der Waals surface area contributed by atoms with Crippen LogP contribution in [0.15, 0.2) is 12.4 Å². The van der Waals surface area contributed by atoms with Crippen molar-refractivity contribution in [2.75, 3.05) is 6.61 Å². The summed E-state index contributed by atoms with van der Waals surface area (Å²) in [5.74, 6) is 0.406. The van der Waals surface area contributed by atoms with Gasteiger partial charge in [0.05, 0.1) is 0 Å². The fourth-order valence-electron chi connectivity index (χ4n) is 1.07. The highest BCUT2D eigenvalue weighted by Gasteiger charge is 2.12. The van der Waals surface area contributed by atoms with E-state index in [0.717, 1.165) is 12.7 Å². The number of hydrogen-bond donors (Lipinski definition) is 0. The molecule has 1 rings (SSSR count). The van der Waals surface area contributed by atoms with Crippen molar-refractivity contribution in [2.24, 2.45) is 0 Å². The Hall–Kier alpha value is -1.12. The summed E-state index contributed by atoms with van der Waals surface area (Å²) in [6.07, 6.45) is 3.37. The highest BCUT2D eigenvalue weighted by atomic mass is 28.3. The molecule has 1 heterocycles. The molecule has 0 N–H and O–H groups in total. The quantitative estimate of drug-likeness (QED) is 0.567. The van der Waals surface area contributed by atoms with Gasteiger partial charge in [0.2, 0.25) is 5.82 Å². The van der Waals surface area contributed by atoms with E-state index in [1.54, 1.807) is 17.0 Å². The van der Waals surface area contributed by atoms with Crippen molar-refractivity contribution in [3.05, 3.63) is 18.2 Å². The molecule has 15 heavy (non-hydrogen) atoms. The Morgan fingerprint density at radius 1 is 1.53 bits per heavy atom. The first kappa shape index (κ1) is 11.9. The molecule has 1 aromatic heterocycles. The summed E-state index contributed by atoms with van der Waals surface area (Å²) in [5, 5.41) is 8.71. The number of ether oxygens (including phenoxy) is 1. The second kappa shape index (κ2) is 5.10. The SMILES string of the molecule is C[Si](C)(C)CCOCn1ccnc1C#N. The highest BCUT2D eigenvalue weighted by molar-refractivity contribution is 6.76. The second-order valence-corrected chi connectivity index (χ2v) is 10.3. The zero-order valence-electron chi connectivity index (χ0n) is 9.53. The number of nitrogens with zero attached hydrogens (tertiary/aromatic N) is 3. The molecule has 0 unspecified atom stereocenters. The minimum Gasteiger partial charge on any atom is -0.361 e. The molecule has 0 saturated heterocycles. The molecule has 0 aromatic carbocycles. The molecule has 5 heteroatoms. The molecule has 0 aliphatic heterocycles. The molecule has 0 aliphatic carbocycles. The maximum absolute atomic E-state index is 8.71. The fourth-order valence-corrected chi connectivity index (χ4v) is 1.82. The van der Waals surface area contributed by atoms with Gasteiger partial charge in [-0.1, -0.05) is 19.6 Å². The van der Waals surface area contributed by atoms with E-state index < -0.39 is 8.07 Å². The summed E-state index contributed by atoms with van der Waals surface area (Å²) in [7, 11) is -1.02. The number of aromatic nitrogens is 2. The molecular formula is C10H17N3OSi. The van der Waals surface area contributed by atoms with Crippen LogP contribution < -0.4 is 0 Å². The van der Waals surface area contributed by atoms with Crippen molar-refractivity contribution in [2.45, 2.75) is 32.4 Å². The van der Waals surface area contributed by atoms with Gasteiger partial charge in [0.1, 0.15) is 12.8 Å². The number of hydrogen-bond acceptors (Lipinski definition) is 3. The van der Waals surface area contributed by atoms with Gasteiger partial charge in [-0.25, -0.2) is 4.98 Å². The van der Waals surface area contributed by atoms with E-state index in [-0.39, 0.29) is 0 Å². The third kappa shape index (κ3) is 4.28. The van der Waals surface area contributed by atoms with Gasteiger partial charge in [-0.15, -0.1) is 0 Å². The van der Waals surface area contributed by atoms with Crippen LogP contribution in [0.1, 0.15) is 5.82 Å². The molecule has 0 saturated carbocycles. The van der Waals surface area contributed by atoms with Gasteiger partial charge < -0.3 is 4.74 Å². The van der Waals surface area contributed by atoms with Crippen LogP contribution in [-0.4, -0.2) is 24.2 Å². The zero-order valence-corrected chi connectivity index (χ0v) is 10.5. The first-order chi connectivity index (χ1) is 7.03. The van der Waals surface area contributed by atoms with Crippen molar-refractivity contribution < 1.29 is 4.74 Å². The topological polar surface area (TPSA) is 50.8 Å². The van der Waals surface area contributed by atoms with E-state index in [4.69, 9.17) is 10.00 Å². The van der Waals surface area contributed by atoms with Crippen molar-refractivity contribution >= 4 is 8.07 Å². The van der Waals surface area contributed by atoms with Gasteiger partial charge in [-0.2, -0.15) is 5.26 Å². The summed E-state index contributed by atoms with van der Waals surface area (Å²) in [5.41, 5.74) is 0. The van der Waals surface area contributed by atoms with Crippen LogP contribution in [-0.2, 0) is 11.5 Å². The van der Waals surface area contributed by atoms with Gasteiger partial charge >= 0.3 is 0 Å². The van der Waals surface area contributed by atoms with Crippen molar-refractivity contribution in [1.82, 2.24) is 9.55 Å². The Bertz CT molecular complexity index is 348. The van der Waals surface area contributed by atoms with Crippen molar-refractivity contribution in [3.8, 4) is 6.07 Å². The Balaban J connectivity index is 2.30. The van der Waals surface area contributed by atoms with Crippen molar-refractivity contribution in [1.29, 1.82) is 5.26 Å². The predicted octanol–water partition coefficient (Wildman–Crippen LogP) is 2.07. The normalized spacial score (nSPS) is 11.3. The number of rotatable bonds is 5. The van der Waals surface area contributed by atoms with Gasteiger partial charge in [0, 0.05) is 27.1 Å². The highest BCUT2D eigenvalue weighted by Crippen LogP contribution is 2.08. The molecular weight excluding hydrogens is 206 g/mol. The molecule has 0 amide bonds. The minimum absolute atomic E-state index is 0.406. The van der Waals surface area contributed by atoms with Crippen LogP contribution in [0.2, 0.25) is 25.7 Å². The van der Waals surface area contributed by atoms with E-state index in [1.807, 2.05) is 6.07 Å². The Morgan fingerprint density at radius 3 is 2.87 bits per heavy atom. The third-order valence-electron chi connectivity index (χ3n) is 2.04. The van der Waals surface area contributed by atoms with Crippen LogP contribution in [0.3, 0.4) is 0 Å². The zero-order chi connectivity index (χ0) is 11.3. The number of imidazole rings is 1. The van der Waals surface area contributed by atoms with Crippen LogP contribution in [0.4, 0.5) is 0 Å². The summed E-state index contributed by atoms with van der Waals surface area (Å²) in [4.78, 5) is 3.89. The van der Waals surface area contributed by atoms with Crippen LogP contribution in [0, 0.1) is 11.3 Å². The lowest BCUT2D eigenvalue weighted by Gasteiger charge is -2.15. The van der Waals surface area contributed by atoms with E-state index >= 15 is 0 Å². The van der Waals surface area contributed by atoms with Gasteiger partial charge in [-0.05, 0) is 6.04 Å². The smallest absolute Gasteiger partial charge is 0.214 e. The summed E-state index contributed by atoms with van der Waals surface area (Å²) in [6, 6.07) is 3.16. The second-order valence-electron chi connectivity index (χ2n) is 4.68. The Morgan fingerprint density at radius 2 is 2.27 bits per heavy atom. The largest absolute Gasteiger partial charge is 0.361 e. The summed E-state index contributed by atoms with van der Waals surface area (Å²) in [6.45, 7) is 8.13. The average molecular weight is 223 g/mol. The van der Waals surface area contributed by atoms with Crippen LogP contribution in [0.25, 0.3) is 0 Å². The van der Waals surface area contributed by atoms with Gasteiger partial charge in [-0.3, -0.25) is 4.57 Å². The van der Waals surface area contributed by atoms with E-state index in [1.165, 1.54) is 0 Å². The predicted molar refractivity (Wildman–Crippen MR) is 61.0 cm³/mol. The molecule has 0 bridgehead atoms. The summed E-state index contributed by atoms with van der Waals surface area (Å²) < 4.78 is 7.22. The van der Waals surface area contributed by atoms with Gasteiger partial charge in [0.15, 0.2) is 0 Å². The molecule has 0 radical (unpaired) electrons. The lowest BCUT2D eigenvalue weighted by atomic mass is 10.7.